The van der Waals surface area contributed by atoms with Gasteiger partial charge in [-0.25, -0.2) is 4.39 Å². The number of nitrogen functional groups attached to an aromatic ring is 1. The van der Waals surface area contributed by atoms with Crippen LogP contribution in [-0.4, -0.2) is 50.3 Å². The van der Waals surface area contributed by atoms with Gasteiger partial charge in [-0.05, 0) is 24.7 Å². The van der Waals surface area contributed by atoms with Gasteiger partial charge in [0.2, 0.25) is 6.79 Å². The first-order valence-electron chi connectivity index (χ1n) is 9.32. The Morgan fingerprint density at radius 2 is 1.86 bits per heavy atom. The second-order valence-electron chi connectivity index (χ2n) is 6.83. The van der Waals surface area contributed by atoms with Crippen molar-refractivity contribution in [3.05, 3.63) is 41.7 Å². The molecule has 0 saturated carbocycles. The van der Waals surface area contributed by atoms with Crippen LogP contribution in [0.5, 0.6) is 11.5 Å². The van der Waals surface area contributed by atoms with Crippen molar-refractivity contribution >= 4 is 23.0 Å². The van der Waals surface area contributed by atoms with E-state index >= 15 is 0 Å². The minimum Gasteiger partial charge on any atom is -0.454 e. The van der Waals surface area contributed by atoms with E-state index in [1.165, 1.54) is 6.07 Å². The van der Waals surface area contributed by atoms with E-state index in [2.05, 4.69) is 17.1 Å². The highest BCUT2D eigenvalue weighted by atomic mass is 19.1. The number of benzene rings is 2. The molecule has 7 nitrogen and oxygen atoms in total. The van der Waals surface area contributed by atoms with Crippen molar-refractivity contribution in [2.75, 3.05) is 55.5 Å². The maximum absolute atomic E-state index is 14.7. The molecule has 1 fully saturated rings. The number of nitrogens with zero attached hydrogens (tertiary/aromatic N) is 2. The quantitative estimate of drug-likeness (QED) is 0.786. The molecule has 2 aromatic carbocycles. The Morgan fingerprint density at radius 3 is 2.54 bits per heavy atom. The van der Waals surface area contributed by atoms with Crippen molar-refractivity contribution < 1.29 is 18.7 Å². The predicted molar refractivity (Wildman–Crippen MR) is 106 cm³/mol. The Kier molecular flexibility index (Phi) is 4.95. The van der Waals surface area contributed by atoms with Gasteiger partial charge in [0, 0.05) is 43.9 Å². The first-order valence-corrected chi connectivity index (χ1v) is 9.32. The molecule has 2 aliphatic heterocycles. The van der Waals surface area contributed by atoms with Gasteiger partial charge in [-0.1, -0.05) is 6.92 Å². The van der Waals surface area contributed by atoms with E-state index in [1.54, 1.807) is 24.3 Å². The molecule has 3 N–H and O–H groups in total. The maximum atomic E-state index is 14.7. The number of ether oxygens (including phenoxy) is 2. The Hall–Kier alpha value is -3.00. The van der Waals surface area contributed by atoms with Crippen molar-refractivity contribution in [1.29, 1.82) is 0 Å². The van der Waals surface area contributed by atoms with Gasteiger partial charge in [0.1, 0.15) is 5.82 Å². The van der Waals surface area contributed by atoms with Crippen LogP contribution < -0.4 is 25.4 Å². The number of hydrogen-bond acceptors (Lipinski definition) is 6. The van der Waals surface area contributed by atoms with Crippen LogP contribution in [0.25, 0.3) is 0 Å². The van der Waals surface area contributed by atoms with Crippen LogP contribution in [0.1, 0.15) is 17.3 Å². The van der Waals surface area contributed by atoms with Crippen LogP contribution in [0, 0.1) is 5.82 Å². The standard InChI is InChI=1S/C20H23FN4O3/c1-2-24-5-7-25(8-6-24)17-4-3-13(9-14(17)21)20(26)23-16-11-19-18(10-15(16)22)27-12-28-19/h3-4,9-11H,2,5-8,12,22H2,1H3,(H,23,26). The molecule has 1 amide bonds. The van der Waals surface area contributed by atoms with Crippen molar-refractivity contribution in [3.8, 4) is 11.5 Å². The molecule has 0 aromatic heterocycles. The van der Waals surface area contributed by atoms with Gasteiger partial charge in [-0.3, -0.25) is 4.79 Å². The molecule has 148 valence electrons. The molecule has 0 atom stereocenters. The molecule has 28 heavy (non-hydrogen) atoms. The lowest BCUT2D eigenvalue weighted by Gasteiger charge is -2.35. The number of carbonyl (C=O) groups is 1. The van der Waals surface area contributed by atoms with E-state index in [1.807, 2.05) is 4.90 Å². The van der Waals surface area contributed by atoms with Gasteiger partial charge in [0.15, 0.2) is 11.5 Å². The van der Waals surface area contributed by atoms with Gasteiger partial charge in [0.05, 0.1) is 17.1 Å². The van der Waals surface area contributed by atoms with Crippen LogP contribution in [0.3, 0.4) is 0 Å². The number of likely N-dealkylation sites (N-methyl/N-ethyl adjacent to an activating group) is 1. The summed E-state index contributed by atoms with van der Waals surface area (Å²) in [5.41, 5.74) is 7.46. The van der Waals surface area contributed by atoms with Crippen LogP contribution >= 0.6 is 0 Å². The highest BCUT2D eigenvalue weighted by Crippen LogP contribution is 2.38. The van der Waals surface area contributed by atoms with Crippen LogP contribution in [0.4, 0.5) is 21.5 Å². The summed E-state index contributed by atoms with van der Waals surface area (Å²) in [4.78, 5) is 16.9. The van der Waals surface area contributed by atoms with Crippen LogP contribution in [0.2, 0.25) is 0 Å². The number of fused-ring (bicyclic) bond motifs is 1. The third-order valence-electron chi connectivity index (χ3n) is 5.16. The van der Waals surface area contributed by atoms with E-state index in [0.717, 1.165) is 32.7 Å². The molecule has 2 aromatic rings. The zero-order valence-electron chi connectivity index (χ0n) is 15.7. The van der Waals surface area contributed by atoms with Gasteiger partial charge >= 0.3 is 0 Å². The molecule has 2 heterocycles. The number of piperazine rings is 1. The monoisotopic (exact) mass is 386 g/mol. The van der Waals surface area contributed by atoms with Gasteiger partial charge in [-0.15, -0.1) is 0 Å². The topological polar surface area (TPSA) is 80.1 Å². The summed E-state index contributed by atoms with van der Waals surface area (Å²) in [5.74, 6) is 0.203. The molecule has 0 unspecified atom stereocenters. The van der Waals surface area contributed by atoms with E-state index in [4.69, 9.17) is 15.2 Å². The molecule has 8 heteroatoms. The van der Waals surface area contributed by atoms with Crippen molar-refractivity contribution in [1.82, 2.24) is 4.90 Å². The smallest absolute Gasteiger partial charge is 0.255 e. The zero-order valence-corrected chi connectivity index (χ0v) is 15.7. The van der Waals surface area contributed by atoms with Crippen LogP contribution in [0.15, 0.2) is 30.3 Å². The first-order chi connectivity index (χ1) is 13.5. The third-order valence-corrected chi connectivity index (χ3v) is 5.16. The molecule has 0 bridgehead atoms. The number of amides is 1. The van der Waals surface area contributed by atoms with Crippen LogP contribution in [-0.2, 0) is 0 Å². The van der Waals surface area contributed by atoms with Crippen molar-refractivity contribution in [2.24, 2.45) is 0 Å². The molecule has 0 spiro atoms. The Morgan fingerprint density at radius 1 is 1.14 bits per heavy atom. The molecule has 2 aliphatic rings. The van der Waals surface area contributed by atoms with Gasteiger partial charge in [-0.2, -0.15) is 0 Å². The van der Waals surface area contributed by atoms with Gasteiger partial charge in [0.25, 0.3) is 5.91 Å². The predicted octanol–water partition coefficient (Wildman–Crippen LogP) is 2.53. The lowest BCUT2D eigenvalue weighted by molar-refractivity contribution is 0.102. The summed E-state index contributed by atoms with van der Waals surface area (Å²) in [7, 11) is 0. The minimum atomic E-state index is -0.438. The van der Waals surface area contributed by atoms with E-state index in [0.29, 0.717) is 28.6 Å². The molecule has 0 aliphatic carbocycles. The number of halogens is 1. The SMILES string of the molecule is CCN1CCN(c2ccc(C(=O)Nc3cc4c(cc3N)OCO4)cc2F)CC1. The summed E-state index contributed by atoms with van der Waals surface area (Å²) >= 11 is 0. The summed E-state index contributed by atoms with van der Waals surface area (Å²) in [6, 6.07) is 7.75. The first kappa shape index (κ1) is 18.4. The number of anilines is 3. The summed E-state index contributed by atoms with van der Waals surface area (Å²) < 4.78 is 25.2. The largest absolute Gasteiger partial charge is 0.454 e. The highest BCUT2D eigenvalue weighted by molar-refractivity contribution is 6.06. The normalized spacial score (nSPS) is 16.3. The van der Waals surface area contributed by atoms with E-state index in [-0.39, 0.29) is 12.4 Å². The summed E-state index contributed by atoms with van der Waals surface area (Å²) in [5, 5.41) is 2.71. The number of nitrogens with two attached hydrogens (primary N) is 1. The summed E-state index contributed by atoms with van der Waals surface area (Å²) in [6.45, 7) is 6.58. The molecular weight excluding hydrogens is 363 g/mol. The lowest BCUT2D eigenvalue weighted by Crippen LogP contribution is -2.46. The van der Waals surface area contributed by atoms with Crippen molar-refractivity contribution in [2.45, 2.75) is 6.92 Å². The third kappa shape index (κ3) is 3.55. The van der Waals surface area contributed by atoms with Crippen molar-refractivity contribution in [3.63, 3.8) is 0 Å². The molecule has 4 rings (SSSR count). The number of carbonyl (C=O) groups excluding carboxylic acids is 1. The van der Waals surface area contributed by atoms with Gasteiger partial charge < -0.3 is 30.3 Å². The van der Waals surface area contributed by atoms with E-state index in [9.17, 15) is 9.18 Å². The fourth-order valence-electron chi connectivity index (χ4n) is 3.47. The number of hydrogen-bond donors (Lipinski definition) is 2. The Balaban J connectivity index is 1.48. The number of rotatable bonds is 4. The number of nitrogens with one attached hydrogen (secondary N) is 1. The molecule has 0 radical (unpaired) electrons. The average molecular weight is 386 g/mol. The Labute approximate surface area is 162 Å². The average Bonchev–Trinajstić information content (AvgIpc) is 3.15. The molecular formula is C20H23FN4O3. The fraction of sp³-hybridized carbons (Fsp3) is 0.350. The molecule has 1 saturated heterocycles. The second-order valence-corrected chi connectivity index (χ2v) is 6.83. The zero-order chi connectivity index (χ0) is 19.7. The summed E-state index contributed by atoms with van der Waals surface area (Å²) in [6.07, 6.45) is 0. The fourth-order valence-corrected chi connectivity index (χ4v) is 3.47. The second kappa shape index (κ2) is 7.55. The maximum Gasteiger partial charge on any atom is 0.255 e. The Bertz CT molecular complexity index is 897. The van der Waals surface area contributed by atoms with E-state index < -0.39 is 11.7 Å². The highest BCUT2D eigenvalue weighted by Gasteiger charge is 2.21. The lowest BCUT2D eigenvalue weighted by atomic mass is 10.1. The minimum absolute atomic E-state index is 0.116.